The summed E-state index contributed by atoms with van der Waals surface area (Å²) in [5.41, 5.74) is 1.56. The van der Waals surface area contributed by atoms with Gasteiger partial charge in [-0.1, -0.05) is 12.1 Å². The summed E-state index contributed by atoms with van der Waals surface area (Å²) in [6.07, 6.45) is 3.30. The summed E-state index contributed by atoms with van der Waals surface area (Å²) in [6, 6.07) is 14.6. The molecule has 1 saturated heterocycles. The smallest absolute Gasteiger partial charge is 0.263 e. The second kappa shape index (κ2) is 10.2. The van der Waals surface area contributed by atoms with Gasteiger partial charge in [0.05, 0.1) is 7.11 Å². The van der Waals surface area contributed by atoms with E-state index in [1.807, 2.05) is 36.0 Å². The number of nitrogens with one attached hydrogen (secondary N) is 1. The second-order valence-electron chi connectivity index (χ2n) is 6.94. The number of ether oxygens (including phenoxy) is 2. The third-order valence-corrected chi connectivity index (χ3v) is 5.84. The fourth-order valence-corrected chi connectivity index (χ4v) is 4.10. The second-order valence-corrected chi connectivity index (χ2v) is 8.17. The molecule has 1 N–H and O–H groups in total. The molecule has 1 amide bonds. The predicted octanol–water partition coefficient (Wildman–Crippen LogP) is 3.76. The number of rotatable bonds is 7. The summed E-state index contributed by atoms with van der Waals surface area (Å²) in [5.74, 6) is 4.62. The van der Waals surface area contributed by atoms with E-state index in [4.69, 9.17) is 9.47 Å². The maximum Gasteiger partial charge on any atom is 0.263 e. The molecule has 0 bridgehead atoms. The van der Waals surface area contributed by atoms with Crippen LogP contribution < -0.4 is 19.7 Å². The predicted molar refractivity (Wildman–Crippen MR) is 122 cm³/mol. The Morgan fingerprint density at radius 1 is 1.00 bits per heavy atom. The van der Waals surface area contributed by atoms with E-state index in [0.717, 1.165) is 41.7 Å². The van der Waals surface area contributed by atoms with E-state index in [1.165, 1.54) is 0 Å². The Kier molecular flexibility index (Phi) is 6.89. The monoisotopic (exact) mass is 436 g/mol. The van der Waals surface area contributed by atoms with Crippen LogP contribution in [0.15, 0.2) is 60.9 Å². The van der Waals surface area contributed by atoms with Gasteiger partial charge in [0.2, 0.25) is 0 Å². The van der Waals surface area contributed by atoms with Crippen LogP contribution in [0.2, 0.25) is 0 Å². The van der Waals surface area contributed by atoms with Gasteiger partial charge in [0.1, 0.15) is 11.5 Å². The fourth-order valence-electron chi connectivity index (χ4n) is 3.20. The molecule has 0 atom stereocenters. The normalized spacial score (nSPS) is 13.5. The SMILES string of the molecule is COc1ccc(CNC(=O)c2ccc(Oc3nccnc3N3CCSCC3)cc2)cc1. The van der Waals surface area contributed by atoms with Crippen molar-refractivity contribution in [1.29, 1.82) is 0 Å². The minimum atomic E-state index is -0.145. The zero-order valence-corrected chi connectivity index (χ0v) is 18.1. The lowest BCUT2D eigenvalue weighted by atomic mass is 10.2. The lowest BCUT2D eigenvalue weighted by molar-refractivity contribution is 0.0951. The van der Waals surface area contributed by atoms with Gasteiger partial charge in [-0.3, -0.25) is 4.79 Å². The van der Waals surface area contributed by atoms with Crippen molar-refractivity contribution in [3.05, 3.63) is 72.1 Å². The van der Waals surface area contributed by atoms with E-state index in [1.54, 1.807) is 43.8 Å². The number of anilines is 1. The van der Waals surface area contributed by atoms with Crippen LogP contribution in [-0.4, -0.2) is 47.6 Å². The molecule has 2 aromatic carbocycles. The number of methoxy groups -OCH3 is 1. The van der Waals surface area contributed by atoms with Gasteiger partial charge >= 0.3 is 0 Å². The molecule has 3 aromatic rings. The summed E-state index contributed by atoms with van der Waals surface area (Å²) in [4.78, 5) is 23.5. The van der Waals surface area contributed by atoms with Gasteiger partial charge in [-0.15, -0.1) is 0 Å². The zero-order valence-electron chi connectivity index (χ0n) is 17.3. The molecule has 0 unspecified atom stereocenters. The van der Waals surface area contributed by atoms with E-state index in [2.05, 4.69) is 20.2 Å². The number of benzene rings is 2. The molecule has 0 aliphatic carbocycles. The molecule has 1 aliphatic rings. The van der Waals surface area contributed by atoms with Crippen LogP contribution in [0.3, 0.4) is 0 Å². The van der Waals surface area contributed by atoms with Crippen molar-refractivity contribution in [2.24, 2.45) is 0 Å². The Balaban J connectivity index is 1.37. The number of thioether (sulfide) groups is 1. The van der Waals surface area contributed by atoms with Crippen molar-refractivity contribution in [1.82, 2.24) is 15.3 Å². The molecule has 0 radical (unpaired) electrons. The number of carbonyl (C=O) groups is 1. The summed E-state index contributed by atoms with van der Waals surface area (Å²) in [7, 11) is 1.63. The highest BCUT2D eigenvalue weighted by Gasteiger charge is 2.18. The zero-order chi connectivity index (χ0) is 21.5. The highest BCUT2D eigenvalue weighted by atomic mass is 32.2. The minimum absolute atomic E-state index is 0.145. The minimum Gasteiger partial charge on any atom is -0.497 e. The highest BCUT2D eigenvalue weighted by molar-refractivity contribution is 7.99. The molecule has 0 saturated carbocycles. The molecular weight excluding hydrogens is 412 g/mol. The van der Waals surface area contributed by atoms with E-state index < -0.39 is 0 Å². The quantitative estimate of drug-likeness (QED) is 0.604. The molecule has 8 heteroatoms. The molecule has 2 heterocycles. The lowest BCUT2D eigenvalue weighted by Gasteiger charge is -2.28. The van der Waals surface area contributed by atoms with E-state index in [0.29, 0.717) is 23.7 Å². The standard InChI is InChI=1S/C23H24N4O3S/c1-29-19-6-2-17(3-7-19)16-26-22(28)18-4-8-20(9-5-18)30-23-21(24-10-11-25-23)27-12-14-31-15-13-27/h2-11H,12-16H2,1H3,(H,26,28). The average Bonchev–Trinajstić information content (AvgIpc) is 2.84. The first-order valence-electron chi connectivity index (χ1n) is 10.1. The van der Waals surface area contributed by atoms with Crippen LogP contribution in [0.5, 0.6) is 17.4 Å². The van der Waals surface area contributed by atoms with E-state index in [9.17, 15) is 4.79 Å². The molecule has 4 rings (SSSR count). The van der Waals surface area contributed by atoms with Crippen molar-refractivity contribution in [3.8, 4) is 17.4 Å². The average molecular weight is 437 g/mol. The maximum absolute atomic E-state index is 12.5. The third-order valence-electron chi connectivity index (χ3n) is 4.90. The first kappa shape index (κ1) is 21.0. The highest BCUT2D eigenvalue weighted by Crippen LogP contribution is 2.29. The third kappa shape index (κ3) is 5.46. The van der Waals surface area contributed by atoms with Crippen molar-refractivity contribution >= 4 is 23.5 Å². The first-order chi connectivity index (χ1) is 15.2. The molecule has 1 fully saturated rings. The number of carbonyl (C=O) groups excluding carboxylic acids is 1. The first-order valence-corrected chi connectivity index (χ1v) is 11.2. The summed E-state index contributed by atoms with van der Waals surface area (Å²) >= 11 is 1.94. The Morgan fingerprint density at radius 3 is 2.39 bits per heavy atom. The molecule has 160 valence electrons. The maximum atomic E-state index is 12.5. The number of nitrogens with zero attached hydrogens (tertiary/aromatic N) is 3. The number of amides is 1. The van der Waals surface area contributed by atoms with Crippen molar-refractivity contribution in [2.45, 2.75) is 6.54 Å². The van der Waals surface area contributed by atoms with Gasteiger partial charge in [0.15, 0.2) is 5.82 Å². The van der Waals surface area contributed by atoms with Crippen LogP contribution in [-0.2, 0) is 6.54 Å². The van der Waals surface area contributed by atoms with Crippen LogP contribution in [0.4, 0.5) is 5.82 Å². The van der Waals surface area contributed by atoms with Crippen molar-refractivity contribution in [2.75, 3.05) is 36.6 Å². The van der Waals surface area contributed by atoms with Crippen LogP contribution >= 0.6 is 11.8 Å². The molecule has 1 aliphatic heterocycles. The summed E-state index contributed by atoms with van der Waals surface area (Å²) in [6.45, 7) is 2.29. The van der Waals surface area contributed by atoms with Gasteiger partial charge in [-0.2, -0.15) is 11.8 Å². The number of hydrogen-bond donors (Lipinski definition) is 1. The van der Waals surface area contributed by atoms with Crippen LogP contribution in [0.1, 0.15) is 15.9 Å². The molecule has 7 nitrogen and oxygen atoms in total. The summed E-state index contributed by atoms with van der Waals surface area (Å²) in [5, 5.41) is 2.92. The van der Waals surface area contributed by atoms with Gasteiger partial charge < -0.3 is 19.7 Å². The van der Waals surface area contributed by atoms with Crippen molar-refractivity contribution in [3.63, 3.8) is 0 Å². The number of aromatic nitrogens is 2. The lowest BCUT2D eigenvalue weighted by Crippen LogP contribution is -2.33. The van der Waals surface area contributed by atoms with Gasteiger partial charge in [-0.25, -0.2) is 9.97 Å². The topological polar surface area (TPSA) is 76.6 Å². The van der Waals surface area contributed by atoms with Crippen LogP contribution in [0, 0.1) is 0 Å². The summed E-state index contributed by atoms with van der Waals surface area (Å²) < 4.78 is 11.1. The van der Waals surface area contributed by atoms with Crippen LogP contribution in [0.25, 0.3) is 0 Å². The Bertz CT molecular complexity index is 1010. The molecular formula is C23H24N4O3S. The van der Waals surface area contributed by atoms with Crippen molar-refractivity contribution < 1.29 is 14.3 Å². The Labute approximate surface area is 185 Å². The fraction of sp³-hybridized carbons (Fsp3) is 0.261. The van der Waals surface area contributed by atoms with Gasteiger partial charge in [-0.05, 0) is 42.0 Å². The molecule has 0 spiro atoms. The molecule has 1 aromatic heterocycles. The van der Waals surface area contributed by atoms with E-state index in [-0.39, 0.29) is 5.91 Å². The number of hydrogen-bond acceptors (Lipinski definition) is 7. The van der Waals surface area contributed by atoms with E-state index >= 15 is 0 Å². The Morgan fingerprint density at radius 2 is 1.68 bits per heavy atom. The van der Waals surface area contributed by atoms with Gasteiger partial charge in [0.25, 0.3) is 11.8 Å². The largest absolute Gasteiger partial charge is 0.497 e. The Hall–Kier alpha value is -3.26. The van der Waals surface area contributed by atoms with Gasteiger partial charge in [0, 0.05) is 49.1 Å². The molecule has 31 heavy (non-hydrogen) atoms.